The van der Waals surface area contributed by atoms with Crippen molar-refractivity contribution in [2.24, 2.45) is 0 Å². The van der Waals surface area contributed by atoms with Gasteiger partial charge in [-0.2, -0.15) is 0 Å². The molecule has 1 saturated heterocycles. The Morgan fingerprint density at radius 2 is 2.11 bits per heavy atom. The molecular weight excluding hydrogens is 248 g/mol. The molecule has 1 aromatic carbocycles. The summed E-state index contributed by atoms with van der Waals surface area (Å²) in [6, 6.07) is 6.05. The van der Waals surface area contributed by atoms with E-state index in [9.17, 15) is 8.42 Å². The lowest BCUT2D eigenvalue weighted by Gasteiger charge is -2.34. The standard InChI is InChI=1S/C13H20N2O2S/c1-10-8-12(4-5-13(10)18(3,16)17)15-7-6-14-11(2)9-15/h4-5,8,11,14H,6-7,9H2,1-3H3/t11-/m1/s1. The fourth-order valence-electron chi connectivity index (χ4n) is 2.41. The quantitative estimate of drug-likeness (QED) is 0.875. The van der Waals surface area contributed by atoms with Crippen molar-refractivity contribution >= 4 is 15.5 Å². The molecule has 1 atom stereocenters. The van der Waals surface area contributed by atoms with Crippen molar-refractivity contribution in [3.05, 3.63) is 23.8 Å². The van der Waals surface area contributed by atoms with Crippen molar-refractivity contribution in [2.75, 3.05) is 30.8 Å². The van der Waals surface area contributed by atoms with Gasteiger partial charge in [0.15, 0.2) is 9.84 Å². The molecule has 5 heteroatoms. The Balaban J connectivity index is 2.29. The summed E-state index contributed by atoms with van der Waals surface area (Å²) < 4.78 is 23.1. The van der Waals surface area contributed by atoms with Gasteiger partial charge in [0.1, 0.15) is 0 Å². The molecule has 0 amide bonds. The van der Waals surface area contributed by atoms with Crippen LogP contribution in [0.1, 0.15) is 12.5 Å². The van der Waals surface area contributed by atoms with Crippen LogP contribution < -0.4 is 10.2 Å². The molecule has 0 unspecified atom stereocenters. The van der Waals surface area contributed by atoms with Crippen molar-refractivity contribution in [2.45, 2.75) is 24.8 Å². The van der Waals surface area contributed by atoms with Gasteiger partial charge in [0.05, 0.1) is 4.90 Å². The van der Waals surface area contributed by atoms with Gasteiger partial charge in [0, 0.05) is 37.6 Å². The number of hydrogen-bond acceptors (Lipinski definition) is 4. The van der Waals surface area contributed by atoms with Crippen LogP contribution in [-0.4, -0.2) is 40.3 Å². The largest absolute Gasteiger partial charge is 0.369 e. The molecule has 2 rings (SSSR count). The molecule has 1 aliphatic rings. The van der Waals surface area contributed by atoms with Gasteiger partial charge in [-0.25, -0.2) is 8.42 Å². The molecule has 1 heterocycles. The van der Waals surface area contributed by atoms with Gasteiger partial charge >= 0.3 is 0 Å². The van der Waals surface area contributed by atoms with Crippen molar-refractivity contribution in [1.29, 1.82) is 0 Å². The number of aryl methyl sites for hydroxylation is 1. The summed E-state index contributed by atoms with van der Waals surface area (Å²) in [7, 11) is -3.12. The van der Waals surface area contributed by atoms with Crippen molar-refractivity contribution in [1.82, 2.24) is 5.32 Å². The van der Waals surface area contributed by atoms with Gasteiger partial charge in [-0.15, -0.1) is 0 Å². The summed E-state index contributed by atoms with van der Waals surface area (Å²) >= 11 is 0. The molecule has 0 aliphatic carbocycles. The molecule has 1 aromatic rings. The van der Waals surface area contributed by atoms with Gasteiger partial charge < -0.3 is 10.2 Å². The first kappa shape index (κ1) is 13.4. The molecule has 4 nitrogen and oxygen atoms in total. The van der Waals surface area contributed by atoms with E-state index in [1.54, 1.807) is 6.07 Å². The second kappa shape index (κ2) is 4.90. The summed E-state index contributed by atoms with van der Waals surface area (Å²) in [4.78, 5) is 2.72. The lowest BCUT2D eigenvalue weighted by molar-refractivity contribution is 0.484. The highest BCUT2D eigenvalue weighted by atomic mass is 32.2. The van der Waals surface area contributed by atoms with Crippen LogP contribution in [0.25, 0.3) is 0 Å². The van der Waals surface area contributed by atoms with Gasteiger partial charge in [-0.05, 0) is 37.6 Å². The van der Waals surface area contributed by atoms with Crippen LogP contribution in [0.15, 0.2) is 23.1 Å². The Morgan fingerprint density at radius 3 is 2.67 bits per heavy atom. The Morgan fingerprint density at radius 1 is 1.39 bits per heavy atom. The van der Waals surface area contributed by atoms with E-state index in [-0.39, 0.29) is 0 Å². The molecule has 0 saturated carbocycles. The SMILES string of the molecule is Cc1cc(N2CCN[C@H](C)C2)ccc1S(C)(=O)=O. The predicted molar refractivity (Wildman–Crippen MR) is 74.0 cm³/mol. The van der Waals surface area contributed by atoms with E-state index >= 15 is 0 Å². The average Bonchev–Trinajstić information content (AvgIpc) is 2.27. The normalized spacial score (nSPS) is 21.1. The minimum atomic E-state index is -3.12. The maximum atomic E-state index is 11.6. The summed E-state index contributed by atoms with van der Waals surface area (Å²) in [5.41, 5.74) is 1.93. The zero-order valence-corrected chi connectivity index (χ0v) is 11.9. The van der Waals surface area contributed by atoms with E-state index in [2.05, 4.69) is 17.1 Å². The van der Waals surface area contributed by atoms with Crippen molar-refractivity contribution in [3.8, 4) is 0 Å². The molecule has 1 N–H and O–H groups in total. The van der Waals surface area contributed by atoms with Crippen LogP contribution in [-0.2, 0) is 9.84 Å². The molecule has 0 radical (unpaired) electrons. The van der Waals surface area contributed by atoms with Gasteiger partial charge in [0.25, 0.3) is 0 Å². The summed E-state index contributed by atoms with van der Waals surface area (Å²) in [5, 5.41) is 3.39. The number of hydrogen-bond donors (Lipinski definition) is 1. The average molecular weight is 268 g/mol. The van der Waals surface area contributed by atoms with Crippen LogP contribution in [0.4, 0.5) is 5.69 Å². The molecule has 100 valence electrons. The number of rotatable bonds is 2. The Hall–Kier alpha value is -1.07. The first-order valence-corrected chi connectivity index (χ1v) is 8.06. The van der Waals surface area contributed by atoms with E-state index < -0.39 is 9.84 Å². The maximum Gasteiger partial charge on any atom is 0.175 e. The third kappa shape index (κ3) is 2.84. The predicted octanol–water partition coefficient (Wildman–Crippen LogP) is 1.20. The fraction of sp³-hybridized carbons (Fsp3) is 0.538. The number of benzene rings is 1. The second-order valence-corrected chi connectivity index (χ2v) is 7.01. The van der Waals surface area contributed by atoms with Crippen LogP contribution in [0.3, 0.4) is 0 Å². The zero-order chi connectivity index (χ0) is 13.3. The van der Waals surface area contributed by atoms with Gasteiger partial charge in [0.2, 0.25) is 0 Å². The summed E-state index contributed by atoms with van der Waals surface area (Å²) in [6.45, 7) is 6.89. The zero-order valence-electron chi connectivity index (χ0n) is 11.1. The van der Waals surface area contributed by atoms with E-state index in [0.29, 0.717) is 10.9 Å². The number of sulfone groups is 1. The fourth-order valence-corrected chi connectivity index (χ4v) is 3.37. The van der Waals surface area contributed by atoms with Crippen LogP contribution in [0.5, 0.6) is 0 Å². The molecule has 1 aliphatic heterocycles. The maximum absolute atomic E-state index is 11.6. The van der Waals surface area contributed by atoms with E-state index in [0.717, 1.165) is 30.9 Å². The summed E-state index contributed by atoms with van der Waals surface area (Å²) in [6.07, 6.45) is 1.25. The molecule has 1 fully saturated rings. The highest BCUT2D eigenvalue weighted by Crippen LogP contribution is 2.23. The Kier molecular flexibility index (Phi) is 3.64. The van der Waals surface area contributed by atoms with Gasteiger partial charge in [-0.1, -0.05) is 0 Å². The summed E-state index contributed by atoms with van der Waals surface area (Å²) in [5.74, 6) is 0. The third-order valence-electron chi connectivity index (χ3n) is 3.29. The molecule has 0 bridgehead atoms. The smallest absolute Gasteiger partial charge is 0.175 e. The third-order valence-corrected chi connectivity index (χ3v) is 4.55. The second-order valence-electron chi connectivity index (χ2n) is 5.02. The van der Waals surface area contributed by atoms with Crippen LogP contribution >= 0.6 is 0 Å². The molecule has 0 spiro atoms. The van der Waals surface area contributed by atoms with Gasteiger partial charge in [-0.3, -0.25) is 0 Å². The monoisotopic (exact) mass is 268 g/mol. The van der Waals surface area contributed by atoms with E-state index in [4.69, 9.17) is 0 Å². The van der Waals surface area contributed by atoms with Crippen molar-refractivity contribution < 1.29 is 8.42 Å². The number of anilines is 1. The minimum Gasteiger partial charge on any atom is -0.369 e. The molecule has 18 heavy (non-hydrogen) atoms. The minimum absolute atomic E-state index is 0.425. The Bertz CT molecular complexity index is 540. The first-order chi connectivity index (χ1) is 8.38. The Labute approximate surface area is 109 Å². The number of piperazine rings is 1. The first-order valence-electron chi connectivity index (χ1n) is 6.17. The molecular formula is C13H20N2O2S. The van der Waals surface area contributed by atoms with E-state index in [1.165, 1.54) is 6.26 Å². The number of nitrogens with zero attached hydrogens (tertiary/aromatic N) is 1. The lowest BCUT2D eigenvalue weighted by Crippen LogP contribution is -2.49. The molecule has 0 aromatic heterocycles. The van der Waals surface area contributed by atoms with Crippen LogP contribution in [0.2, 0.25) is 0 Å². The lowest BCUT2D eigenvalue weighted by atomic mass is 10.1. The topological polar surface area (TPSA) is 49.4 Å². The van der Waals surface area contributed by atoms with E-state index in [1.807, 2.05) is 19.1 Å². The highest BCUT2D eigenvalue weighted by Gasteiger charge is 2.17. The van der Waals surface area contributed by atoms with Crippen molar-refractivity contribution in [3.63, 3.8) is 0 Å². The highest BCUT2D eigenvalue weighted by molar-refractivity contribution is 7.90. The van der Waals surface area contributed by atoms with Crippen LogP contribution in [0, 0.1) is 6.92 Å². The number of nitrogens with one attached hydrogen (secondary N) is 1.